The van der Waals surface area contributed by atoms with Crippen LogP contribution in [0.2, 0.25) is 0 Å². The van der Waals surface area contributed by atoms with Crippen LogP contribution in [-0.2, 0) is 34.9 Å². The summed E-state index contributed by atoms with van der Waals surface area (Å²) in [6.07, 6.45) is 18.0. The Balaban J connectivity index is 1.28. The van der Waals surface area contributed by atoms with Crippen LogP contribution in [0.25, 0.3) is 0 Å². The predicted molar refractivity (Wildman–Crippen MR) is 154 cm³/mol. The molecule has 0 aromatic carbocycles. The zero-order chi connectivity index (χ0) is 29.0. The highest BCUT2D eigenvalue weighted by atomic mass is 32.2. The van der Waals surface area contributed by atoms with Crippen molar-refractivity contribution in [3.63, 3.8) is 0 Å². The second kappa shape index (κ2) is 12.9. The van der Waals surface area contributed by atoms with Crippen LogP contribution in [0.15, 0.2) is 36.1 Å². The molecular formula is C30H42N4O6S. The van der Waals surface area contributed by atoms with E-state index in [2.05, 4.69) is 21.4 Å². The number of fused-ring (bicyclic) bond motifs is 2. The molecule has 3 aliphatic carbocycles. The Hall–Kier alpha value is -2.95. The van der Waals surface area contributed by atoms with Crippen LogP contribution in [0.4, 0.5) is 0 Å². The van der Waals surface area contributed by atoms with E-state index in [4.69, 9.17) is 4.74 Å². The lowest BCUT2D eigenvalue weighted by Gasteiger charge is -2.30. The van der Waals surface area contributed by atoms with Gasteiger partial charge >= 0.3 is 0 Å². The molecule has 11 heteroatoms. The number of methoxy groups -OCH3 is 1. The highest BCUT2D eigenvalue weighted by molar-refractivity contribution is 7.84. The average Bonchev–Trinajstić information content (AvgIpc) is 3.87. The van der Waals surface area contributed by atoms with Crippen molar-refractivity contribution in [2.24, 2.45) is 11.8 Å². The number of rotatable bonds is 7. The van der Waals surface area contributed by atoms with Gasteiger partial charge in [0.05, 0.1) is 12.4 Å². The summed E-state index contributed by atoms with van der Waals surface area (Å²) >= 11 is 0. The van der Waals surface area contributed by atoms with Gasteiger partial charge in [-0.2, -0.15) is 0 Å². The third kappa shape index (κ3) is 7.10. The number of hydrogen-bond donors (Lipinski definition) is 3. The van der Waals surface area contributed by atoms with E-state index in [1.165, 1.54) is 0 Å². The van der Waals surface area contributed by atoms with Crippen molar-refractivity contribution in [3.05, 3.63) is 36.1 Å². The van der Waals surface area contributed by atoms with Gasteiger partial charge < -0.3 is 20.3 Å². The highest BCUT2D eigenvalue weighted by Gasteiger charge is 2.61. The van der Waals surface area contributed by atoms with Crippen molar-refractivity contribution >= 4 is 34.6 Å². The summed E-state index contributed by atoms with van der Waals surface area (Å²) in [5, 5.41) is 5.94. The molecule has 6 atom stereocenters. The molecule has 2 saturated carbocycles. The van der Waals surface area contributed by atoms with E-state index in [0.717, 1.165) is 44.3 Å². The Morgan fingerprint density at radius 2 is 1.95 bits per heavy atom. The van der Waals surface area contributed by atoms with E-state index in [0.29, 0.717) is 38.6 Å². The minimum Gasteiger partial charge on any atom is -0.497 e. The van der Waals surface area contributed by atoms with Gasteiger partial charge in [0.2, 0.25) is 17.7 Å². The Morgan fingerprint density at radius 3 is 2.68 bits per heavy atom. The van der Waals surface area contributed by atoms with Gasteiger partial charge in [-0.25, -0.2) is 4.21 Å². The van der Waals surface area contributed by atoms with Gasteiger partial charge in [0, 0.05) is 18.9 Å². The molecule has 0 radical (unpaired) electrons. The maximum atomic E-state index is 13.8. The lowest BCUT2D eigenvalue weighted by Crippen LogP contribution is -2.58. The van der Waals surface area contributed by atoms with E-state index >= 15 is 0 Å². The maximum Gasteiger partial charge on any atom is 0.258 e. The van der Waals surface area contributed by atoms with Crippen LogP contribution in [0.5, 0.6) is 0 Å². The number of ether oxygens (including phenoxy) is 1. The summed E-state index contributed by atoms with van der Waals surface area (Å²) in [4.78, 5) is 55.3. The second-order valence-electron chi connectivity index (χ2n) is 11.9. The van der Waals surface area contributed by atoms with E-state index in [-0.39, 0.29) is 41.2 Å². The average molecular weight is 587 g/mol. The minimum absolute atomic E-state index is 0.00966. The van der Waals surface area contributed by atoms with Crippen molar-refractivity contribution in [2.75, 3.05) is 13.7 Å². The monoisotopic (exact) mass is 586 g/mol. The summed E-state index contributed by atoms with van der Waals surface area (Å²) in [5.74, 6) is -0.577. The number of carbonyl (C=O) groups excluding carboxylic acids is 4. The molecule has 1 saturated heterocycles. The quantitative estimate of drug-likeness (QED) is 0.392. The molecule has 10 nitrogen and oxygen atoms in total. The molecular weight excluding hydrogens is 544 g/mol. The zero-order valence-corrected chi connectivity index (χ0v) is 24.6. The molecule has 0 aromatic rings. The first-order valence-electron chi connectivity index (χ1n) is 15.0. The van der Waals surface area contributed by atoms with Gasteiger partial charge in [-0.15, -0.1) is 0 Å². The number of carbonyl (C=O) groups is 4. The minimum atomic E-state index is -1.45. The van der Waals surface area contributed by atoms with Crippen molar-refractivity contribution in [1.29, 1.82) is 0 Å². The van der Waals surface area contributed by atoms with Gasteiger partial charge in [0.15, 0.2) is 0 Å². The van der Waals surface area contributed by atoms with Gasteiger partial charge in [0.25, 0.3) is 5.91 Å². The van der Waals surface area contributed by atoms with Crippen molar-refractivity contribution in [2.45, 2.75) is 99.9 Å². The zero-order valence-electron chi connectivity index (χ0n) is 23.8. The number of nitrogens with one attached hydrogen (secondary N) is 3. The first kappa shape index (κ1) is 29.5. The number of allylic oxidation sites excluding steroid dienone is 4. The van der Waals surface area contributed by atoms with Crippen LogP contribution >= 0.6 is 0 Å². The van der Waals surface area contributed by atoms with Crippen LogP contribution in [0, 0.1) is 11.8 Å². The molecule has 41 heavy (non-hydrogen) atoms. The van der Waals surface area contributed by atoms with E-state index in [1.54, 1.807) is 12.0 Å². The SMILES string of the molecule is COC1=CCC(CC(=O)N[C@H]2CCCCC/C=C\[C@@H]3C[C@@]3(C(=O)NS(=O)C3CC3)NC(=O)[C@@H]3CCCN3C2=O)C=C1. The van der Waals surface area contributed by atoms with E-state index in [1.807, 2.05) is 24.3 Å². The Morgan fingerprint density at radius 1 is 1.12 bits per heavy atom. The summed E-state index contributed by atoms with van der Waals surface area (Å²) in [6, 6.07) is -1.42. The Labute approximate surface area is 244 Å². The smallest absolute Gasteiger partial charge is 0.258 e. The molecule has 0 spiro atoms. The molecule has 224 valence electrons. The molecule has 3 fully saturated rings. The van der Waals surface area contributed by atoms with E-state index in [9.17, 15) is 23.4 Å². The third-order valence-electron chi connectivity index (χ3n) is 8.83. The highest BCUT2D eigenvalue weighted by Crippen LogP contribution is 2.46. The number of nitrogens with zero attached hydrogens (tertiary/aromatic N) is 1. The molecule has 4 amide bonds. The lowest BCUT2D eigenvalue weighted by atomic mass is 9.96. The molecule has 5 aliphatic rings. The molecule has 2 aliphatic heterocycles. The second-order valence-corrected chi connectivity index (χ2v) is 13.4. The standard InChI is InChI=1S/C30H42N4O6S/c1-40-22-13-11-20(12-14-22)18-26(35)31-24-9-6-4-2-3-5-8-21-19-30(21,29(38)33-41(39)23-15-16-23)32-27(36)25-10-7-17-34(25)28(24)37/h5,8,11,13-14,20-21,23-25H,2-4,6-7,9-10,12,15-19H2,1H3,(H,31,35)(H,32,36)(H,33,38)/b8-5-/t20?,21-,24+,25+,30-,41?/m1/s1. The largest absolute Gasteiger partial charge is 0.497 e. The van der Waals surface area contributed by atoms with Gasteiger partial charge in [-0.05, 0) is 75.9 Å². The molecule has 2 unspecified atom stereocenters. The van der Waals surface area contributed by atoms with Gasteiger partial charge in [-0.3, -0.25) is 23.9 Å². The van der Waals surface area contributed by atoms with Gasteiger partial charge in [-0.1, -0.05) is 31.1 Å². The van der Waals surface area contributed by atoms with Crippen LogP contribution in [0.3, 0.4) is 0 Å². The third-order valence-corrected chi connectivity index (χ3v) is 10.3. The fourth-order valence-electron chi connectivity index (χ4n) is 6.08. The van der Waals surface area contributed by atoms with Crippen molar-refractivity contribution in [1.82, 2.24) is 20.3 Å². The Bertz CT molecular complexity index is 1160. The molecule has 5 rings (SSSR count). The summed E-state index contributed by atoms with van der Waals surface area (Å²) < 4.78 is 20.3. The topological polar surface area (TPSA) is 134 Å². The summed E-state index contributed by atoms with van der Waals surface area (Å²) in [5.41, 5.74) is -1.14. The molecule has 2 heterocycles. The first-order chi connectivity index (χ1) is 19.8. The lowest BCUT2D eigenvalue weighted by molar-refractivity contribution is -0.142. The molecule has 0 aromatic heterocycles. The normalized spacial score (nSPS) is 33.6. The van der Waals surface area contributed by atoms with E-state index < -0.39 is 34.5 Å². The van der Waals surface area contributed by atoms with Crippen LogP contribution in [0.1, 0.15) is 77.0 Å². The summed E-state index contributed by atoms with van der Waals surface area (Å²) in [7, 11) is 0.158. The Kier molecular flexibility index (Phi) is 9.31. The fraction of sp³-hybridized carbons (Fsp3) is 0.667. The van der Waals surface area contributed by atoms with Gasteiger partial charge in [0.1, 0.15) is 34.4 Å². The summed E-state index contributed by atoms with van der Waals surface area (Å²) in [6.45, 7) is 0.424. The fourth-order valence-corrected chi connectivity index (χ4v) is 7.18. The number of hydrogen-bond acceptors (Lipinski definition) is 6. The molecule has 0 bridgehead atoms. The predicted octanol–water partition coefficient (Wildman–Crippen LogP) is 2.30. The maximum absolute atomic E-state index is 13.8. The number of amides is 4. The van der Waals surface area contributed by atoms with Crippen molar-refractivity contribution in [3.8, 4) is 0 Å². The molecule has 3 N–H and O–H groups in total. The van der Waals surface area contributed by atoms with Crippen LogP contribution < -0.4 is 15.4 Å². The van der Waals surface area contributed by atoms with Crippen molar-refractivity contribution < 1.29 is 28.1 Å². The van der Waals surface area contributed by atoms with Crippen LogP contribution in [-0.4, -0.2) is 69.3 Å². The first-order valence-corrected chi connectivity index (χ1v) is 16.2.